The van der Waals surface area contributed by atoms with Crippen molar-refractivity contribution in [2.24, 2.45) is 0 Å². The highest BCUT2D eigenvalue weighted by Crippen LogP contribution is 2.32. The predicted molar refractivity (Wildman–Crippen MR) is 64.3 cm³/mol. The summed E-state index contributed by atoms with van der Waals surface area (Å²) < 4.78 is 0.825. The minimum atomic E-state index is 0.239. The summed E-state index contributed by atoms with van der Waals surface area (Å²) in [6.07, 6.45) is 4.58. The van der Waals surface area contributed by atoms with E-state index in [1.54, 1.807) is 11.3 Å². The van der Waals surface area contributed by atoms with Gasteiger partial charge in [-0.1, -0.05) is 11.3 Å². The monoisotopic (exact) mass is 291 g/mol. The Kier molecular flexibility index (Phi) is 3.93. The molecule has 1 aromatic rings. The highest BCUT2D eigenvalue weighted by atomic mass is 79.9. The van der Waals surface area contributed by atoms with Gasteiger partial charge in [0, 0.05) is 19.2 Å². The summed E-state index contributed by atoms with van der Waals surface area (Å²) in [6, 6.07) is 0.608. The van der Waals surface area contributed by atoms with Crippen molar-refractivity contribution in [2.75, 3.05) is 18.1 Å². The second-order valence-corrected chi connectivity index (χ2v) is 5.92. The van der Waals surface area contributed by atoms with Crippen LogP contribution in [0.1, 0.15) is 25.7 Å². The van der Waals surface area contributed by atoms with Gasteiger partial charge >= 0.3 is 0 Å². The van der Waals surface area contributed by atoms with Crippen LogP contribution in [0.3, 0.4) is 0 Å². The lowest BCUT2D eigenvalue weighted by Crippen LogP contribution is -2.41. The van der Waals surface area contributed by atoms with Gasteiger partial charge in [0.05, 0.1) is 0 Å². The van der Waals surface area contributed by atoms with Gasteiger partial charge in [-0.05, 0) is 41.6 Å². The van der Waals surface area contributed by atoms with Gasteiger partial charge in [0.1, 0.15) is 0 Å². The number of anilines is 1. The van der Waals surface area contributed by atoms with E-state index >= 15 is 0 Å². The van der Waals surface area contributed by atoms with E-state index < -0.39 is 0 Å². The van der Waals surface area contributed by atoms with E-state index in [0.29, 0.717) is 6.04 Å². The zero-order valence-corrected chi connectivity index (χ0v) is 10.8. The lowest BCUT2D eigenvalue weighted by atomic mass is 9.92. The lowest BCUT2D eigenvalue weighted by molar-refractivity contribution is 0.283. The van der Waals surface area contributed by atoms with E-state index in [9.17, 15) is 0 Å². The average Bonchev–Trinajstić information content (AvgIpc) is 2.56. The van der Waals surface area contributed by atoms with Crippen LogP contribution in [0.2, 0.25) is 0 Å². The molecule has 1 fully saturated rings. The topological polar surface area (TPSA) is 49.2 Å². The maximum absolute atomic E-state index is 8.87. The molecule has 0 aliphatic heterocycles. The van der Waals surface area contributed by atoms with Crippen LogP contribution in [0.5, 0.6) is 0 Å². The number of aliphatic hydroxyl groups excluding tert-OH is 1. The molecule has 0 spiro atoms. The molecular formula is C9H14BrN3OS. The number of nitrogens with zero attached hydrogens (tertiary/aromatic N) is 3. The summed E-state index contributed by atoms with van der Waals surface area (Å²) in [5, 5.41) is 17.9. The Morgan fingerprint density at radius 1 is 1.47 bits per heavy atom. The van der Waals surface area contributed by atoms with Crippen LogP contribution >= 0.6 is 27.3 Å². The van der Waals surface area contributed by atoms with Crippen molar-refractivity contribution in [3.05, 3.63) is 3.92 Å². The molecule has 1 aromatic heterocycles. The molecule has 4 nitrogen and oxygen atoms in total. The third kappa shape index (κ3) is 2.68. The Morgan fingerprint density at radius 3 is 2.73 bits per heavy atom. The first kappa shape index (κ1) is 11.3. The summed E-state index contributed by atoms with van der Waals surface area (Å²) in [5.41, 5.74) is 0. The number of aromatic nitrogens is 2. The Morgan fingerprint density at radius 2 is 2.27 bits per heavy atom. The van der Waals surface area contributed by atoms with Gasteiger partial charge in [-0.15, -0.1) is 10.2 Å². The van der Waals surface area contributed by atoms with E-state index in [0.717, 1.165) is 22.0 Å². The Hall–Kier alpha value is -0.200. The van der Waals surface area contributed by atoms with Gasteiger partial charge in [0.15, 0.2) is 3.92 Å². The minimum Gasteiger partial charge on any atom is -0.396 e. The van der Waals surface area contributed by atoms with Crippen LogP contribution in [0.15, 0.2) is 3.92 Å². The molecule has 2 rings (SSSR count). The zero-order chi connectivity index (χ0) is 10.7. The fourth-order valence-electron chi connectivity index (χ4n) is 1.69. The lowest BCUT2D eigenvalue weighted by Gasteiger charge is -2.37. The molecule has 15 heavy (non-hydrogen) atoms. The maximum atomic E-state index is 8.87. The number of halogens is 1. The highest BCUT2D eigenvalue weighted by Gasteiger charge is 2.26. The molecule has 0 unspecified atom stereocenters. The molecule has 0 aromatic carbocycles. The first-order chi connectivity index (χ1) is 7.31. The van der Waals surface area contributed by atoms with Gasteiger partial charge in [-0.2, -0.15) is 0 Å². The van der Waals surface area contributed by atoms with Gasteiger partial charge < -0.3 is 10.0 Å². The molecule has 1 saturated carbocycles. The summed E-state index contributed by atoms with van der Waals surface area (Å²) in [6.45, 7) is 1.12. The zero-order valence-electron chi connectivity index (χ0n) is 8.40. The number of hydrogen-bond acceptors (Lipinski definition) is 5. The molecule has 1 N–H and O–H groups in total. The largest absolute Gasteiger partial charge is 0.396 e. The van der Waals surface area contributed by atoms with E-state index in [2.05, 4.69) is 31.0 Å². The van der Waals surface area contributed by atoms with Crippen molar-refractivity contribution in [2.45, 2.75) is 31.7 Å². The Labute approximate surface area is 101 Å². The van der Waals surface area contributed by atoms with E-state index in [4.69, 9.17) is 5.11 Å². The van der Waals surface area contributed by atoms with Crippen LogP contribution in [0, 0.1) is 0 Å². The summed E-state index contributed by atoms with van der Waals surface area (Å²) >= 11 is 4.89. The predicted octanol–water partition coefficient (Wildman–Crippen LogP) is 2.04. The third-order valence-corrected chi connectivity index (χ3v) is 4.10. The van der Waals surface area contributed by atoms with E-state index in [1.165, 1.54) is 19.3 Å². The van der Waals surface area contributed by atoms with Crippen LogP contribution in [0.25, 0.3) is 0 Å². The minimum absolute atomic E-state index is 0.239. The van der Waals surface area contributed by atoms with Crippen molar-refractivity contribution < 1.29 is 5.11 Å². The third-order valence-electron chi connectivity index (χ3n) is 2.71. The second-order valence-electron chi connectivity index (χ2n) is 3.69. The molecule has 1 aliphatic carbocycles. The summed E-state index contributed by atoms with van der Waals surface area (Å²) in [4.78, 5) is 2.28. The molecule has 0 radical (unpaired) electrons. The first-order valence-corrected chi connectivity index (χ1v) is 6.78. The molecule has 0 atom stereocenters. The molecule has 0 bridgehead atoms. The first-order valence-electron chi connectivity index (χ1n) is 5.18. The van der Waals surface area contributed by atoms with E-state index in [-0.39, 0.29) is 6.61 Å². The van der Waals surface area contributed by atoms with E-state index in [1.807, 2.05) is 0 Å². The molecule has 0 saturated heterocycles. The van der Waals surface area contributed by atoms with Crippen molar-refractivity contribution >= 4 is 32.4 Å². The van der Waals surface area contributed by atoms with Crippen molar-refractivity contribution in [1.82, 2.24) is 10.2 Å². The molecular weight excluding hydrogens is 278 g/mol. The van der Waals surface area contributed by atoms with Crippen LogP contribution < -0.4 is 4.90 Å². The quantitative estimate of drug-likeness (QED) is 0.902. The average molecular weight is 292 g/mol. The molecule has 0 amide bonds. The standard InChI is InChI=1S/C9H14BrN3OS/c10-8-11-12-9(15-8)13(5-2-6-14)7-3-1-4-7/h7,14H,1-6H2. The Bertz CT molecular complexity index is 316. The number of hydrogen-bond donors (Lipinski definition) is 1. The Balaban J connectivity index is 2.03. The summed E-state index contributed by atoms with van der Waals surface area (Å²) in [5.74, 6) is 0. The van der Waals surface area contributed by atoms with Crippen molar-refractivity contribution in [3.8, 4) is 0 Å². The van der Waals surface area contributed by atoms with Crippen LogP contribution in [-0.4, -0.2) is 34.5 Å². The second kappa shape index (κ2) is 5.23. The molecule has 84 valence electrons. The van der Waals surface area contributed by atoms with Gasteiger partial charge in [0.2, 0.25) is 5.13 Å². The normalized spacial score (nSPS) is 16.4. The molecule has 1 heterocycles. The summed E-state index contributed by atoms with van der Waals surface area (Å²) in [7, 11) is 0. The fraction of sp³-hybridized carbons (Fsp3) is 0.778. The fourth-order valence-corrected chi connectivity index (χ4v) is 2.87. The van der Waals surface area contributed by atoms with Crippen LogP contribution in [0.4, 0.5) is 5.13 Å². The van der Waals surface area contributed by atoms with Crippen molar-refractivity contribution in [3.63, 3.8) is 0 Å². The smallest absolute Gasteiger partial charge is 0.209 e. The van der Waals surface area contributed by atoms with Gasteiger partial charge in [-0.25, -0.2) is 0 Å². The molecule has 6 heteroatoms. The van der Waals surface area contributed by atoms with Gasteiger partial charge in [0.25, 0.3) is 0 Å². The highest BCUT2D eigenvalue weighted by molar-refractivity contribution is 9.11. The van der Waals surface area contributed by atoms with Crippen LogP contribution in [-0.2, 0) is 0 Å². The number of aliphatic hydroxyl groups is 1. The SMILES string of the molecule is OCCCN(c1nnc(Br)s1)C1CCC1. The maximum Gasteiger partial charge on any atom is 0.209 e. The van der Waals surface area contributed by atoms with Gasteiger partial charge in [-0.3, -0.25) is 0 Å². The van der Waals surface area contributed by atoms with Crippen molar-refractivity contribution in [1.29, 1.82) is 0 Å². The molecule has 1 aliphatic rings. The number of rotatable bonds is 5.